The summed E-state index contributed by atoms with van der Waals surface area (Å²) in [4.78, 5) is 0. The van der Waals surface area contributed by atoms with Gasteiger partial charge in [0.05, 0.1) is 5.76 Å². The van der Waals surface area contributed by atoms with Gasteiger partial charge in [-0.3, -0.25) is 0 Å². The molecule has 1 aromatic carbocycles. The molecular weight excluding hydrogens is 160 g/mol. The van der Waals surface area contributed by atoms with Crippen LogP contribution in [0.15, 0.2) is 30.0 Å². The average molecular weight is 176 g/mol. The summed E-state index contributed by atoms with van der Waals surface area (Å²) in [5, 5.41) is 9.41. The first-order chi connectivity index (χ1) is 6.15. The standard InChI is InChI=1S/C12H16O/c1-4-12(10(3)13)11-7-5-9(2)6-8-11/h5-8,13H,4H2,1-3H3/b12-10-. The fourth-order valence-electron chi connectivity index (χ4n) is 1.42. The van der Waals surface area contributed by atoms with Crippen molar-refractivity contribution in [2.45, 2.75) is 27.2 Å². The average Bonchev–Trinajstić information content (AvgIpc) is 2.09. The number of aliphatic hydroxyl groups is 1. The van der Waals surface area contributed by atoms with Gasteiger partial charge in [-0.25, -0.2) is 0 Å². The van der Waals surface area contributed by atoms with Crippen LogP contribution in [-0.4, -0.2) is 5.11 Å². The summed E-state index contributed by atoms with van der Waals surface area (Å²) < 4.78 is 0. The Hall–Kier alpha value is -1.24. The minimum Gasteiger partial charge on any atom is -0.512 e. The predicted molar refractivity (Wildman–Crippen MR) is 56.7 cm³/mol. The van der Waals surface area contributed by atoms with Crippen LogP contribution in [0.1, 0.15) is 31.4 Å². The van der Waals surface area contributed by atoms with Gasteiger partial charge < -0.3 is 5.11 Å². The molecule has 1 heteroatoms. The van der Waals surface area contributed by atoms with Gasteiger partial charge >= 0.3 is 0 Å². The molecule has 0 heterocycles. The molecular formula is C12H16O. The van der Waals surface area contributed by atoms with Crippen molar-refractivity contribution in [3.05, 3.63) is 41.2 Å². The summed E-state index contributed by atoms with van der Waals surface area (Å²) in [6.07, 6.45) is 0.866. The molecule has 0 aliphatic rings. The summed E-state index contributed by atoms with van der Waals surface area (Å²) in [6, 6.07) is 8.23. The van der Waals surface area contributed by atoms with Crippen LogP contribution >= 0.6 is 0 Å². The van der Waals surface area contributed by atoms with E-state index in [9.17, 15) is 5.11 Å². The van der Waals surface area contributed by atoms with Crippen molar-refractivity contribution in [3.8, 4) is 0 Å². The summed E-state index contributed by atoms with van der Waals surface area (Å²) in [5.41, 5.74) is 3.39. The summed E-state index contributed by atoms with van der Waals surface area (Å²) in [7, 11) is 0. The van der Waals surface area contributed by atoms with Gasteiger partial charge in [0.25, 0.3) is 0 Å². The third-order valence-electron chi connectivity index (χ3n) is 2.19. The van der Waals surface area contributed by atoms with Crippen molar-refractivity contribution in [1.82, 2.24) is 0 Å². The Kier molecular flexibility index (Phi) is 3.13. The maximum absolute atomic E-state index is 9.41. The summed E-state index contributed by atoms with van der Waals surface area (Å²) in [5.74, 6) is 0.423. The SMILES string of the molecule is CC/C(=C(\C)O)c1ccc(C)cc1. The highest BCUT2D eigenvalue weighted by Crippen LogP contribution is 2.20. The fourth-order valence-corrected chi connectivity index (χ4v) is 1.42. The second-order valence-electron chi connectivity index (χ2n) is 3.28. The summed E-state index contributed by atoms with van der Waals surface area (Å²) in [6.45, 7) is 5.85. The Labute approximate surface area is 79.7 Å². The Morgan fingerprint density at radius 2 is 1.77 bits per heavy atom. The molecule has 1 nitrogen and oxygen atoms in total. The van der Waals surface area contributed by atoms with Crippen LogP contribution < -0.4 is 0 Å². The number of aliphatic hydroxyl groups excluding tert-OH is 1. The van der Waals surface area contributed by atoms with Crippen molar-refractivity contribution in [1.29, 1.82) is 0 Å². The smallest absolute Gasteiger partial charge is 0.0929 e. The highest BCUT2D eigenvalue weighted by atomic mass is 16.3. The van der Waals surface area contributed by atoms with Gasteiger partial charge in [0.2, 0.25) is 0 Å². The molecule has 1 aromatic rings. The van der Waals surface area contributed by atoms with Crippen LogP contribution in [0.4, 0.5) is 0 Å². The van der Waals surface area contributed by atoms with Gasteiger partial charge in [0.15, 0.2) is 0 Å². The first-order valence-corrected chi connectivity index (χ1v) is 4.61. The topological polar surface area (TPSA) is 20.2 Å². The lowest BCUT2D eigenvalue weighted by Gasteiger charge is -2.06. The molecule has 0 amide bonds. The highest BCUT2D eigenvalue weighted by Gasteiger charge is 2.01. The van der Waals surface area contributed by atoms with Gasteiger partial charge in [0, 0.05) is 0 Å². The van der Waals surface area contributed by atoms with Gasteiger partial charge in [-0.15, -0.1) is 0 Å². The lowest BCUT2D eigenvalue weighted by molar-refractivity contribution is 0.415. The van der Waals surface area contributed by atoms with Crippen molar-refractivity contribution >= 4 is 5.57 Å². The maximum atomic E-state index is 9.41. The Balaban J connectivity index is 3.07. The minimum absolute atomic E-state index is 0.423. The van der Waals surface area contributed by atoms with Gasteiger partial charge in [0.1, 0.15) is 0 Å². The third-order valence-corrected chi connectivity index (χ3v) is 2.19. The Morgan fingerprint density at radius 3 is 2.15 bits per heavy atom. The number of hydrogen-bond donors (Lipinski definition) is 1. The second-order valence-corrected chi connectivity index (χ2v) is 3.28. The molecule has 0 fully saturated rings. The van der Waals surface area contributed by atoms with E-state index in [4.69, 9.17) is 0 Å². The van der Waals surface area contributed by atoms with E-state index in [1.54, 1.807) is 6.92 Å². The van der Waals surface area contributed by atoms with Crippen molar-refractivity contribution in [2.75, 3.05) is 0 Å². The van der Waals surface area contributed by atoms with E-state index < -0.39 is 0 Å². The molecule has 0 aliphatic carbocycles. The Bertz CT molecular complexity index is 302. The molecule has 0 atom stereocenters. The monoisotopic (exact) mass is 176 g/mol. The van der Waals surface area contributed by atoms with Crippen molar-refractivity contribution in [2.24, 2.45) is 0 Å². The first-order valence-electron chi connectivity index (χ1n) is 4.61. The zero-order chi connectivity index (χ0) is 9.84. The fraction of sp³-hybridized carbons (Fsp3) is 0.333. The quantitative estimate of drug-likeness (QED) is 0.681. The van der Waals surface area contributed by atoms with E-state index in [1.807, 2.05) is 12.1 Å². The maximum Gasteiger partial charge on any atom is 0.0929 e. The number of benzene rings is 1. The number of allylic oxidation sites excluding steroid dienone is 2. The normalized spacial score (nSPS) is 12.5. The van der Waals surface area contributed by atoms with E-state index in [-0.39, 0.29) is 0 Å². The Morgan fingerprint density at radius 1 is 1.23 bits per heavy atom. The van der Waals surface area contributed by atoms with E-state index in [0.717, 1.165) is 17.6 Å². The third kappa shape index (κ3) is 2.35. The molecule has 0 radical (unpaired) electrons. The molecule has 0 spiro atoms. The van der Waals surface area contributed by atoms with Gasteiger partial charge in [-0.05, 0) is 31.4 Å². The molecule has 70 valence electrons. The molecule has 1 N–H and O–H groups in total. The summed E-state index contributed by atoms with van der Waals surface area (Å²) >= 11 is 0. The number of rotatable bonds is 2. The molecule has 0 unspecified atom stereocenters. The van der Waals surface area contributed by atoms with Gasteiger partial charge in [-0.2, -0.15) is 0 Å². The lowest BCUT2D eigenvalue weighted by atomic mass is 10.0. The highest BCUT2D eigenvalue weighted by molar-refractivity contribution is 5.66. The van der Waals surface area contributed by atoms with E-state index >= 15 is 0 Å². The molecule has 0 saturated heterocycles. The molecule has 0 aromatic heterocycles. The van der Waals surface area contributed by atoms with Crippen LogP contribution in [0.3, 0.4) is 0 Å². The zero-order valence-electron chi connectivity index (χ0n) is 8.46. The van der Waals surface area contributed by atoms with Crippen LogP contribution in [-0.2, 0) is 0 Å². The molecule has 1 rings (SSSR count). The number of hydrogen-bond acceptors (Lipinski definition) is 1. The lowest BCUT2D eigenvalue weighted by Crippen LogP contribution is -1.87. The molecule has 0 saturated carbocycles. The van der Waals surface area contributed by atoms with Crippen LogP contribution in [0.25, 0.3) is 5.57 Å². The predicted octanol–water partition coefficient (Wildman–Crippen LogP) is 3.69. The van der Waals surface area contributed by atoms with Crippen molar-refractivity contribution < 1.29 is 5.11 Å². The largest absolute Gasteiger partial charge is 0.512 e. The second kappa shape index (κ2) is 4.13. The molecule has 13 heavy (non-hydrogen) atoms. The van der Waals surface area contributed by atoms with E-state index in [1.165, 1.54) is 5.56 Å². The van der Waals surface area contributed by atoms with E-state index in [2.05, 4.69) is 26.0 Å². The van der Waals surface area contributed by atoms with Crippen LogP contribution in [0.2, 0.25) is 0 Å². The molecule has 0 bridgehead atoms. The minimum atomic E-state index is 0.423. The molecule has 0 aliphatic heterocycles. The van der Waals surface area contributed by atoms with Crippen LogP contribution in [0, 0.1) is 6.92 Å². The van der Waals surface area contributed by atoms with E-state index in [0.29, 0.717) is 5.76 Å². The van der Waals surface area contributed by atoms with Crippen molar-refractivity contribution in [3.63, 3.8) is 0 Å². The van der Waals surface area contributed by atoms with Gasteiger partial charge in [-0.1, -0.05) is 36.8 Å². The number of aryl methyl sites for hydroxylation is 1. The zero-order valence-corrected chi connectivity index (χ0v) is 8.46. The van der Waals surface area contributed by atoms with Crippen LogP contribution in [0.5, 0.6) is 0 Å². The first kappa shape index (κ1) is 9.85.